The molecule has 0 amide bonds. The molecule has 1 atom stereocenters. The van der Waals surface area contributed by atoms with Crippen LogP contribution in [0, 0.1) is 0 Å². The molecule has 1 unspecified atom stereocenters. The number of aromatic amines is 1. The highest BCUT2D eigenvalue weighted by Crippen LogP contribution is 2.32. The summed E-state index contributed by atoms with van der Waals surface area (Å²) in [6.07, 6.45) is 1.24. The SMILES string of the molecule is O=C(O)c1cc(-c2ccc(OC3CCSC3)c(Cl)c2)n[nH]1. The summed E-state index contributed by atoms with van der Waals surface area (Å²) in [6, 6.07) is 6.84. The summed E-state index contributed by atoms with van der Waals surface area (Å²) >= 11 is 8.12. The van der Waals surface area contributed by atoms with E-state index in [4.69, 9.17) is 21.4 Å². The fourth-order valence-electron chi connectivity index (χ4n) is 2.12. The highest BCUT2D eigenvalue weighted by Gasteiger charge is 2.18. The standard InChI is InChI=1S/C14H13ClN2O3S/c15-10-5-8(11-6-12(14(18)19)17-16-11)1-2-13(10)20-9-3-4-21-7-9/h1-2,5-6,9H,3-4,7H2,(H,16,17)(H,18,19). The van der Waals surface area contributed by atoms with Crippen molar-refractivity contribution in [2.75, 3.05) is 11.5 Å². The molecule has 1 aliphatic heterocycles. The summed E-state index contributed by atoms with van der Waals surface area (Å²) < 4.78 is 5.87. The highest BCUT2D eigenvalue weighted by molar-refractivity contribution is 7.99. The molecule has 0 spiro atoms. The Morgan fingerprint density at radius 2 is 2.33 bits per heavy atom. The average Bonchev–Trinajstić information content (AvgIpc) is 3.12. The zero-order chi connectivity index (χ0) is 14.8. The normalized spacial score (nSPS) is 17.9. The molecule has 1 saturated heterocycles. The molecule has 2 heterocycles. The minimum Gasteiger partial charge on any atom is -0.488 e. The van der Waals surface area contributed by atoms with Gasteiger partial charge < -0.3 is 9.84 Å². The second-order valence-corrected chi connectivity index (χ2v) is 6.28. The van der Waals surface area contributed by atoms with Crippen LogP contribution >= 0.6 is 23.4 Å². The molecule has 1 aliphatic rings. The van der Waals surface area contributed by atoms with Gasteiger partial charge in [-0.05, 0) is 36.4 Å². The number of nitrogens with one attached hydrogen (secondary N) is 1. The van der Waals surface area contributed by atoms with Gasteiger partial charge in [0.2, 0.25) is 0 Å². The fraction of sp³-hybridized carbons (Fsp3) is 0.286. The van der Waals surface area contributed by atoms with Crippen LogP contribution in [-0.4, -0.2) is 38.9 Å². The Morgan fingerprint density at radius 1 is 1.48 bits per heavy atom. The van der Waals surface area contributed by atoms with Crippen molar-refractivity contribution >= 4 is 29.3 Å². The van der Waals surface area contributed by atoms with Gasteiger partial charge in [0, 0.05) is 11.3 Å². The molecule has 0 saturated carbocycles. The van der Waals surface area contributed by atoms with E-state index in [-0.39, 0.29) is 11.8 Å². The fourth-order valence-corrected chi connectivity index (χ4v) is 3.44. The second kappa shape index (κ2) is 5.99. The van der Waals surface area contributed by atoms with Gasteiger partial charge in [0.05, 0.1) is 10.7 Å². The molecular formula is C14H13ClN2O3S. The third-order valence-corrected chi connectivity index (χ3v) is 4.64. The number of nitrogens with zero attached hydrogens (tertiary/aromatic N) is 1. The van der Waals surface area contributed by atoms with Crippen molar-refractivity contribution in [1.82, 2.24) is 10.2 Å². The van der Waals surface area contributed by atoms with Gasteiger partial charge in [0.15, 0.2) is 0 Å². The van der Waals surface area contributed by atoms with Crippen LogP contribution in [0.2, 0.25) is 5.02 Å². The van der Waals surface area contributed by atoms with Crippen molar-refractivity contribution in [2.24, 2.45) is 0 Å². The highest BCUT2D eigenvalue weighted by atomic mass is 35.5. The number of hydrogen-bond donors (Lipinski definition) is 2. The lowest BCUT2D eigenvalue weighted by Crippen LogP contribution is -2.14. The lowest BCUT2D eigenvalue weighted by Gasteiger charge is -2.14. The van der Waals surface area contributed by atoms with Gasteiger partial charge >= 0.3 is 5.97 Å². The zero-order valence-electron chi connectivity index (χ0n) is 11.0. The van der Waals surface area contributed by atoms with E-state index < -0.39 is 5.97 Å². The molecule has 3 rings (SSSR count). The first-order valence-corrected chi connectivity index (χ1v) is 8.00. The van der Waals surface area contributed by atoms with Crippen LogP contribution in [0.4, 0.5) is 0 Å². The van der Waals surface area contributed by atoms with E-state index in [9.17, 15) is 4.79 Å². The second-order valence-electron chi connectivity index (χ2n) is 4.72. The van der Waals surface area contributed by atoms with Gasteiger partial charge in [-0.1, -0.05) is 11.6 Å². The average molecular weight is 325 g/mol. The number of H-pyrrole nitrogens is 1. The van der Waals surface area contributed by atoms with Crippen LogP contribution in [-0.2, 0) is 0 Å². The molecule has 0 aliphatic carbocycles. The number of carboxylic acid groups (broad SMARTS) is 1. The molecule has 1 aromatic heterocycles. The van der Waals surface area contributed by atoms with Crippen LogP contribution in [0.15, 0.2) is 24.3 Å². The van der Waals surface area contributed by atoms with Gasteiger partial charge in [-0.3, -0.25) is 5.10 Å². The van der Waals surface area contributed by atoms with Crippen LogP contribution in [0.1, 0.15) is 16.9 Å². The Bertz CT molecular complexity index is 668. The van der Waals surface area contributed by atoms with Gasteiger partial charge in [-0.15, -0.1) is 0 Å². The molecule has 0 bridgehead atoms. The Morgan fingerprint density at radius 3 is 2.95 bits per heavy atom. The van der Waals surface area contributed by atoms with Gasteiger partial charge in [-0.25, -0.2) is 4.79 Å². The largest absolute Gasteiger partial charge is 0.488 e. The molecule has 110 valence electrons. The topological polar surface area (TPSA) is 75.2 Å². The third-order valence-electron chi connectivity index (χ3n) is 3.22. The Hall–Kier alpha value is -1.66. The monoisotopic (exact) mass is 324 g/mol. The van der Waals surface area contributed by atoms with Crippen molar-refractivity contribution in [3.63, 3.8) is 0 Å². The first-order valence-electron chi connectivity index (χ1n) is 6.46. The number of carboxylic acids is 1. The van der Waals surface area contributed by atoms with Gasteiger partial charge in [0.1, 0.15) is 17.5 Å². The van der Waals surface area contributed by atoms with Crippen molar-refractivity contribution in [3.8, 4) is 17.0 Å². The lowest BCUT2D eigenvalue weighted by molar-refractivity contribution is 0.0690. The van der Waals surface area contributed by atoms with E-state index in [1.54, 1.807) is 12.1 Å². The van der Waals surface area contributed by atoms with E-state index >= 15 is 0 Å². The number of thioether (sulfide) groups is 1. The number of benzene rings is 1. The molecule has 1 aromatic carbocycles. The number of rotatable bonds is 4. The first-order chi connectivity index (χ1) is 10.1. The summed E-state index contributed by atoms with van der Waals surface area (Å²) in [7, 11) is 0. The van der Waals surface area contributed by atoms with Crippen molar-refractivity contribution in [3.05, 3.63) is 35.0 Å². The maximum absolute atomic E-state index is 10.8. The number of ether oxygens (including phenoxy) is 1. The lowest BCUT2D eigenvalue weighted by atomic mass is 10.1. The molecule has 2 N–H and O–H groups in total. The molecule has 0 radical (unpaired) electrons. The number of hydrogen-bond acceptors (Lipinski definition) is 4. The maximum atomic E-state index is 10.8. The molecule has 1 fully saturated rings. The van der Waals surface area contributed by atoms with Crippen LogP contribution in [0.5, 0.6) is 5.75 Å². The molecule has 21 heavy (non-hydrogen) atoms. The van der Waals surface area contributed by atoms with Crippen LogP contribution in [0.3, 0.4) is 0 Å². The van der Waals surface area contributed by atoms with Crippen LogP contribution < -0.4 is 4.74 Å². The zero-order valence-corrected chi connectivity index (χ0v) is 12.6. The first kappa shape index (κ1) is 14.3. The van der Waals surface area contributed by atoms with Gasteiger partial charge in [0.25, 0.3) is 0 Å². The van der Waals surface area contributed by atoms with E-state index in [2.05, 4.69) is 10.2 Å². The summed E-state index contributed by atoms with van der Waals surface area (Å²) in [4.78, 5) is 10.8. The van der Waals surface area contributed by atoms with Crippen molar-refractivity contribution in [2.45, 2.75) is 12.5 Å². The molecular weight excluding hydrogens is 312 g/mol. The van der Waals surface area contributed by atoms with Crippen molar-refractivity contribution in [1.29, 1.82) is 0 Å². The molecule has 5 nitrogen and oxygen atoms in total. The predicted octanol–water partition coefficient (Wildman–Crippen LogP) is 3.31. The van der Waals surface area contributed by atoms with E-state index in [1.807, 2.05) is 17.8 Å². The van der Waals surface area contributed by atoms with Crippen LogP contribution in [0.25, 0.3) is 11.3 Å². The summed E-state index contributed by atoms with van der Waals surface area (Å²) in [5.41, 5.74) is 1.33. The van der Waals surface area contributed by atoms with Crippen molar-refractivity contribution < 1.29 is 14.6 Å². The Balaban J connectivity index is 1.80. The summed E-state index contributed by atoms with van der Waals surface area (Å²) in [5.74, 6) is 1.71. The number of aromatic carboxylic acids is 1. The van der Waals surface area contributed by atoms with E-state index in [0.29, 0.717) is 16.5 Å². The summed E-state index contributed by atoms with van der Waals surface area (Å²) in [5, 5.41) is 15.8. The maximum Gasteiger partial charge on any atom is 0.353 e. The smallest absolute Gasteiger partial charge is 0.353 e. The number of aromatic nitrogens is 2. The van der Waals surface area contributed by atoms with E-state index in [0.717, 1.165) is 23.5 Å². The van der Waals surface area contributed by atoms with Gasteiger partial charge in [-0.2, -0.15) is 16.9 Å². The Kier molecular flexibility index (Phi) is 4.07. The minimum absolute atomic E-state index is 0.0458. The Labute approximate surface area is 130 Å². The minimum atomic E-state index is -1.04. The third kappa shape index (κ3) is 3.16. The predicted molar refractivity (Wildman–Crippen MR) is 82.4 cm³/mol. The molecule has 2 aromatic rings. The number of carbonyl (C=O) groups is 1. The number of halogens is 1. The van der Waals surface area contributed by atoms with E-state index in [1.165, 1.54) is 6.07 Å². The molecule has 7 heteroatoms. The quantitative estimate of drug-likeness (QED) is 0.902. The summed E-state index contributed by atoms with van der Waals surface area (Å²) in [6.45, 7) is 0.